The normalized spacial score (nSPS) is 23.5. The average molecular weight is 488 g/mol. The Morgan fingerprint density at radius 2 is 1.74 bits per heavy atom. The van der Waals surface area contributed by atoms with E-state index in [1.54, 1.807) is 30.3 Å². The van der Waals surface area contributed by atoms with Gasteiger partial charge in [0.2, 0.25) is 16.6 Å². The summed E-state index contributed by atoms with van der Waals surface area (Å²) in [5.41, 5.74) is 0.121. The second kappa shape index (κ2) is 7.16. The minimum Gasteiger partial charge on any atom is -0.454 e. The van der Waals surface area contributed by atoms with Crippen LogP contribution in [0.15, 0.2) is 70.5 Å². The van der Waals surface area contributed by atoms with Crippen LogP contribution >= 0.6 is 0 Å². The standard InChI is InChI=1S/C26H21N3O5S/c30-26-10-9-15(13-26)27-24-16-5-1-3-7-19(16)28-25(29-24)17-11-20-21(34-14-33-20)12-23(17)35(31,32)22-8-4-2-6-18(22)26/h1-8,11-12,15,30H,9-10,13-14H2,(H,27,28,29). The van der Waals surface area contributed by atoms with E-state index >= 15 is 0 Å². The Hall–Kier alpha value is -3.69. The second-order valence-corrected chi connectivity index (χ2v) is 11.1. The molecule has 3 heterocycles. The lowest BCUT2D eigenvalue weighted by atomic mass is 9.92. The third-order valence-electron chi connectivity index (χ3n) is 7.12. The highest BCUT2D eigenvalue weighted by Crippen LogP contribution is 2.47. The zero-order valence-electron chi connectivity index (χ0n) is 18.6. The molecule has 0 amide bonds. The van der Waals surface area contributed by atoms with Gasteiger partial charge in [0.25, 0.3) is 0 Å². The van der Waals surface area contributed by atoms with Gasteiger partial charge in [-0.05, 0) is 37.1 Å². The molecule has 0 radical (unpaired) electrons. The number of para-hydroxylation sites is 1. The highest BCUT2D eigenvalue weighted by atomic mass is 32.2. The number of aliphatic hydroxyl groups is 1. The maximum atomic E-state index is 14.2. The second-order valence-electron chi connectivity index (χ2n) is 9.23. The monoisotopic (exact) mass is 487 g/mol. The topological polar surface area (TPSA) is 111 Å². The van der Waals surface area contributed by atoms with Crippen LogP contribution in [0.25, 0.3) is 22.3 Å². The number of rotatable bonds is 0. The van der Waals surface area contributed by atoms with Crippen molar-refractivity contribution in [1.29, 1.82) is 0 Å². The van der Waals surface area contributed by atoms with Crippen molar-refractivity contribution < 1.29 is 23.0 Å². The van der Waals surface area contributed by atoms with E-state index in [2.05, 4.69) is 5.32 Å². The number of sulfone groups is 1. The van der Waals surface area contributed by atoms with Crippen molar-refractivity contribution in [2.45, 2.75) is 40.7 Å². The molecule has 4 aromatic rings. The van der Waals surface area contributed by atoms with Crippen LogP contribution in [0.5, 0.6) is 11.5 Å². The van der Waals surface area contributed by atoms with Gasteiger partial charge in [-0.3, -0.25) is 0 Å². The molecule has 1 saturated carbocycles. The molecule has 4 bridgehead atoms. The minimum atomic E-state index is -4.09. The van der Waals surface area contributed by atoms with Gasteiger partial charge in [0.1, 0.15) is 5.82 Å². The van der Waals surface area contributed by atoms with Crippen LogP contribution in [0.2, 0.25) is 0 Å². The van der Waals surface area contributed by atoms with Gasteiger partial charge in [-0.2, -0.15) is 0 Å². The van der Waals surface area contributed by atoms with E-state index in [9.17, 15) is 13.5 Å². The first kappa shape index (κ1) is 20.7. The number of benzene rings is 3. The van der Waals surface area contributed by atoms with Crippen molar-refractivity contribution in [3.05, 3.63) is 66.2 Å². The van der Waals surface area contributed by atoms with E-state index in [4.69, 9.17) is 19.4 Å². The maximum Gasteiger partial charge on any atom is 0.231 e. The van der Waals surface area contributed by atoms with Gasteiger partial charge < -0.3 is 19.9 Å². The fourth-order valence-electron chi connectivity index (χ4n) is 5.42. The first-order valence-electron chi connectivity index (χ1n) is 11.5. The van der Waals surface area contributed by atoms with E-state index < -0.39 is 15.4 Å². The molecule has 176 valence electrons. The molecular weight excluding hydrogens is 466 g/mol. The van der Waals surface area contributed by atoms with Gasteiger partial charge in [0.05, 0.1) is 20.9 Å². The summed E-state index contributed by atoms with van der Waals surface area (Å²) in [5, 5.41) is 16.0. The van der Waals surface area contributed by atoms with Crippen molar-refractivity contribution in [1.82, 2.24) is 9.97 Å². The summed E-state index contributed by atoms with van der Waals surface area (Å²) in [5.74, 6) is 1.66. The first-order chi connectivity index (χ1) is 16.9. The quantitative estimate of drug-likeness (QED) is 0.383. The molecule has 0 spiro atoms. The lowest BCUT2D eigenvalue weighted by Gasteiger charge is -2.27. The molecule has 0 saturated heterocycles. The van der Waals surface area contributed by atoms with Crippen LogP contribution in [0.3, 0.4) is 0 Å². The number of nitrogens with one attached hydrogen (secondary N) is 1. The highest BCUT2D eigenvalue weighted by Gasteiger charge is 2.43. The molecule has 7 rings (SSSR count). The summed E-state index contributed by atoms with van der Waals surface area (Å²) < 4.78 is 39.5. The summed E-state index contributed by atoms with van der Waals surface area (Å²) in [7, 11) is -4.09. The van der Waals surface area contributed by atoms with Crippen LogP contribution in [0.1, 0.15) is 24.8 Å². The zero-order valence-corrected chi connectivity index (χ0v) is 19.4. The molecule has 3 aliphatic rings. The third-order valence-corrected chi connectivity index (χ3v) is 8.97. The Balaban J connectivity index is 1.60. The zero-order chi connectivity index (χ0) is 23.8. The molecular formula is C26H21N3O5S. The molecule has 8 nitrogen and oxygen atoms in total. The van der Waals surface area contributed by atoms with Gasteiger partial charge in [-0.25, -0.2) is 18.4 Å². The summed E-state index contributed by atoms with van der Waals surface area (Å²) in [6.07, 6.45) is 1.46. The fraction of sp³-hybridized carbons (Fsp3) is 0.231. The van der Waals surface area contributed by atoms with Gasteiger partial charge in [0, 0.05) is 35.0 Å². The van der Waals surface area contributed by atoms with E-state index in [0.29, 0.717) is 53.2 Å². The number of ether oxygens (including phenoxy) is 2. The summed E-state index contributed by atoms with van der Waals surface area (Å²) in [6.45, 7) is 0.00166. The Morgan fingerprint density at radius 1 is 0.971 bits per heavy atom. The van der Waals surface area contributed by atoms with Crippen molar-refractivity contribution in [2.75, 3.05) is 12.1 Å². The molecule has 35 heavy (non-hydrogen) atoms. The largest absolute Gasteiger partial charge is 0.454 e. The fourth-order valence-corrected chi connectivity index (χ4v) is 7.16. The smallest absolute Gasteiger partial charge is 0.231 e. The molecule has 1 aliphatic carbocycles. The molecule has 2 unspecified atom stereocenters. The first-order valence-corrected chi connectivity index (χ1v) is 13.0. The van der Waals surface area contributed by atoms with Gasteiger partial charge in [-0.1, -0.05) is 30.3 Å². The van der Waals surface area contributed by atoms with Crippen LogP contribution in [0, 0.1) is 0 Å². The highest BCUT2D eigenvalue weighted by molar-refractivity contribution is 7.91. The molecule has 2 atom stereocenters. The van der Waals surface area contributed by atoms with Crippen LogP contribution in [0.4, 0.5) is 5.82 Å². The van der Waals surface area contributed by atoms with E-state index in [0.717, 1.165) is 5.39 Å². The number of fused-ring (bicyclic) bond motifs is 11. The van der Waals surface area contributed by atoms with Gasteiger partial charge >= 0.3 is 0 Å². The summed E-state index contributed by atoms with van der Waals surface area (Å²) in [4.78, 5) is 9.62. The van der Waals surface area contributed by atoms with Crippen molar-refractivity contribution >= 4 is 26.6 Å². The minimum absolute atomic E-state index is 0.00166. The average Bonchev–Trinajstić information content (AvgIpc) is 3.49. The SMILES string of the molecule is O=S1(=O)c2cc3c(cc2-c2nc(c4ccccc4n2)NC2CCC(O)(C2)c2ccccc21)OCO3. The Morgan fingerprint density at radius 3 is 2.63 bits per heavy atom. The van der Waals surface area contributed by atoms with E-state index in [1.165, 1.54) is 6.07 Å². The molecule has 9 heteroatoms. The number of aromatic nitrogens is 2. The van der Waals surface area contributed by atoms with E-state index in [-0.39, 0.29) is 28.5 Å². The predicted molar refractivity (Wildman–Crippen MR) is 128 cm³/mol. The predicted octanol–water partition coefficient (Wildman–Crippen LogP) is 4.02. The van der Waals surface area contributed by atoms with Crippen LogP contribution < -0.4 is 14.8 Å². The maximum absolute atomic E-state index is 14.2. The summed E-state index contributed by atoms with van der Waals surface area (Å²) in [6, 6.07) is 17.3. The third kappa shape index (κ3) is 3.05. The summed E-state index contributed by atoms with van der Waals surface area (Å²) >= 11 is 0. The number of hydrogen-bond donors (Lipinski definition) is 2. The Bertz CT molecular complexity index is 1640. The van der Waals surface area contributed by atoms with Crippen molar-refractivity contribution in [3.63, 3.8) is 0 Å². The molecule has 1 aromatic heterocycles. The number of anilines is 1. The lowest BCUT2D eigenvalue weighted by molar-refractivity contribution is 0.0407. The number of nitrogens with zero attached hydrogens (tertiary/aromatic N) is 2. The molecule has 2 aliphatic heterocycles. The van der Waals surface area contributed by atoms with Crippen molar-refractivity contribution in [2.24, 2.45) is 0 Å². The van der Waals surface area contributed by atoms with E-state index in [1.807, 2.05) is 24.3 Å². The molecule has 3 aromatic carbocycles. The Labute approximate surface area is 201 Å². The Kier molecular flexibility index (Phi) is 4.23. The molecule has 2 N–H and O–H groups in total. The molecule has 1 fully saturated rings. The van der Waals surface area contributed by atoms with Crippen LogP contribution in [-0.2, 0) is 15.4 Å². The van der Waals surface area contributed by atoms with Gasteiger partial charge in [0.15, 0.2) is 17.3 Å². The van der Waals surface area contributed by atoms with Crippen LogP contribution in [-0.4, -0.2) is 36.3 Å². The number of hydrogen-bond acceptors (Lipinski definition) is 8. The van der Waals surface area contributed by atoms with Gasteiger partial charge in [-0.15, -0.1) is 0 Å². The van der Waals surface area contributed by atoms with Crippen molar-refractivity contribution in [3.8, 4) is 22.9 Å². The lowest BCUT2D eigenvalue weighted by Crippen LogP contribution is -2.28.